The second kappa shape index (κ2) is 9.81. The van der Waals surface area contributed by atoms with Crippen molar-refractivity contribution in [3.8, 4) is 11.8 Å². The van der Waals surface area contributed by atoms with E-state index in [0.717, 1.165) is 5.56 Å². The zero-order chi connectivity index (χ0) is 19.8. The van der Waals surface area contributed by atoms with E-state index >= 15 is 0 Å². The fourth-order valence-electron chi connectivity index (χ4n) is 2.10. The quantitative estimate of drug-likeness (QED) is 0.708. The van der Waals surface area contributed by atoms with E-state index < -0.39 is 18.5 Å². The lowest BCUT2D eigenvalue weighted by Crippen LogP contribution is -2.31. The van der Waals surface area contributed by atoms with Crippen LogP contribution in [-0.2, 0) is 14.3 Å². The summed E-state index contributed by atoms with van der Waals surface area (Å²) in [4.78, 5) is 23.6. The Bertz CT molecular complexity index is 863. The molecule has 1 atom stereocenters. The van der Waals surface area contributed by atoms with Gasteiger partial charge >= 0.3 is 5.97 Å². The first-order chi connectivity index (χ1) is 12.9. The second-order valence-electron chi connectivity index (χ2n) is 5.55. The number of rotatable bonds is 7. The first-order valence-electron chi connectivity index (χ1n) is 7.92. The lowest BCUT2D eigenvalue weighted by atomic mass is 10.1. The number of amides is 1. The van der Waals surface area contributed by atoms with Crippen molar-refractivity contribution in [2.24, 2.45) is 0 Å². The predicted octanol–water partition coefficient (Wildman–Crippen LogP) is 3.66. The van der Waals surface area contributed by atoms with Crippen molar-refractivity contribution in [2.75, 3.05) is 13.2 Å². The summed E-state index contributed by atoms with van der Waals surface area (Å²) in [6.07, 6.45) is 0. The average molecular weight is 407 g/mol. The molecule has 0 aliphatic carbocycles. The summed E-state index contributed by atoms with van der Waals surface area (Å²) in [6, 6.07) is 13.0. The van der Waals surface area contributed by atoms with Gasteiger partial charge in [0.2, 0.25) is 0 Å². The molecule has 0 heterocycles. The molecule has 0 aliphatic heterocycles. The van der Waals surface area contributed by atoms with Gasteiger partial charge in [-0.05, 0) is 48.9 Å². The third-order valence-electron chi connectivity index (χ3n) is 3.53. The van der Waals surface area contributed by atoms with Gasteiger partial charge < -0.3 is 14.8 Å². The summed E-state index contributed by atoms with van der Waals surface area (Å²) >= 11 is 11.8. The monoisotopic (exact) mass is 406 g/mol. The lowest BCUT2D eigenvalue weighted by molar-refractivity contribution is -0.150. The van der Waals surface area contributed by atoms with Crippen LogP contribution in [-0.4, -0.2) is 25.1 Å². The third-order valence-corrected chi connectivity index (χ3v) is 4.26. The van der Waals surface area contributed by atoms with Crippen molar-refractivity contribution in [1.82, 2.24) is 5.32 Å². The van der Waals surface area contributed by atoms with Crippen LogP contribution in [0, 0.1) is 11.3 Å². The number of benzene rings is 2. The Labute approximate surface area is 166 Å². The molecule has 1 N–H and O–H groups in total. The van der Waals surface area contributed by atoms with Gasteiger partial charge in [0, 0.05) is 0 Å². The molecular formula is C19H16Cl2N2O4. The minimum atomic E-state index is -0.684. The number of ether oxygens (including phenoxy) is 2. The molecule has 0 saturated carbocycles. The summed E-state index contributed by atoms with van der Waals surface area (Å²) in [6.45, 7) is 0.996. The number of nitrogens with zero attached hydrogens (tertiary/aromatic N) is 1. The van der Waals surface area contributed by atoms with Crippen molar-refractivity contribution < 1.29 is 19.1 Å². The van der Waals surface area contributed by atoms with Crippen LogP contribution in [0.4, 0.5) is 0 Å². The van der Waals surface area contributed by atoms with Gasteiger partial charge in [-0.25, -0.2) is 4.79 Å². The molecule has 0 unspecified atom stereocenters. The van der Waals surface area contributed by atoms with Gasteiger partial charge in [-0.15, -0.1) is 0 Å². The number of nitriles is 1. The summed E-state index contributed by atoms with van der Waals surface area (Å²) in [5, 5.41) is 12.2. The van der Waals surface area contributed by atoms with Gasteiger partial charge in [0.25, 0.3) is 5.91 Å². The van der Waals surface area contributed by atoms with Crippen molar-refractivity contribution in [3.63, 3.8) is 0 Å². The molecule has 1 amide bonds. The highest BCUT2D eigenvalue weighted by molar-refractivity contribution is 6.42. The largest absolute Gasteiger partial charge is 0.482 e. The molecule has 2 aromatic rings. The third kappa shape index (κ3) is 6.48. The first kappa shape index (κ1) is 20.6. The molecule has 2 aromatic carbocycles. The van der Waals surface area contributed by atoms with Gasteiger partial charge in [0.05, 0.1) is 27.7 Å². The van der Waals surface area contributed by atoms with Gasteiger partial charge in [-0.2, -0.15) is 5.26 Å². The number of halogens is 2. The number of hydrogen-bond acceptors (Lipinski definition) is 5. The highest BCUT2D eigenvalue weighted by Gasteiger charge is 2.13. The Balaban J connectivity index is 1.74. The van der Waals surface area contributed by atoms with Crippen LogP contribution in [0.2, 0.25) is 10.0 Å². The van der Waals surface area contributed by atoms with Crippen LogP contribution in [0.1, 0.15) is 24.1 Å². The van der Waals surface area contributed by atoms with E-state index in [0.29, 0.717) is 21.4 Å². The molecule has 140 valence electrons. The van der Waals surface area contributed by atoms with Gasteiger partial charge in [-0.1, -0.05) is 29.3 Å². The number of nitrogens with one attached hydrogen (secondary N) is 1. The van der Waals surface area contributed by atoms with Gasteiger partial charge in [0.1, 0.15) is 5.75 Å². The Hall–Kier alpha value is -2.75. The van der Waals surface area contributed by atoms with Crippen LogP contribution in [0.3, 0.4) is 0 Å². The number of carbonyl (C=O) groups excluding carboxylic acids is 2. The second-order valence-corrected chi connectivity index (χ2v) is 6.36. The molecule has 27 heavy (non-hydrogen) atoms. The van der Waals surface area contributed by atoms with Gasteiger partial charge in [-0.3, -0.25) is 4.79 Å². The van der Waals surface area contributed by atoms with Crippen molar-refractivity contribution >= 4 is 35.1 Å². The van der Waals surface area contributed by atoms with Crippen molar-refractivity contribution in [3.05, 3.63) is 63.6 Å². The molecule has 0 spiro atoms. The lowest BCUT2D eigenvalue weighted by Gasteiger charge is -2.15. The molecule has 0 aromatic heterocycles. The SMILES string of the molecule is C[C@@H](NC(=O)COC(=O)COc1ccc(C#N)cc1)c1ccc(Cl)c(Cl)c1. The average Bonchev–Trinajstić information content (AvgIpc) is 2.67. The summed E-state index contributed by atoms with van der Waals surface area (Å²) < 4.78 is 10.1. The fraction of sp³-hybridized carbons (Fsp3) is 0.211. The zero-order valence-electron chi connectivity index (χ0n) is 14.4. The van der Waals surface area contributed by atoms with E-state index in [1.54, 1.807) is 49.4 Å². The van der Waals surface area contributed by atoms with Crippen LogP contribution in [0.15, 0.2) is 42.5 Å². The van der Waals surface area contributed by atoms with Crippen LogP contribution in [0.5, 0.6) is 5.75 Å². The maximum absolute atomic E-state index is 11.9. The highest BCUT2D eigenvalue weighted by Crippen LogP contribution is 2.25. The van der Waals surface area contributed by atoms with Crippen molar-refractivity contribution in [1.29, 1.82) is 5.26 Å². The molecule has 0 fully saturated rings. The fourth-order valence-corrected chi connectivity index (χ4v) is 2.41. The zero-order valence-corrected chi connectivity index (χ0v) is 15.9. The standard InChI is InChI=1S/C19H16Cl2N2O4/c1-12(14-4-7-16(20)17(21)8-14)23-18(24)10-27-19(25)11-26-15-5-2-13(9-22)3-6-15/h2-8,12H,10-11H2,1H3,(H,23,24)/t12-/m1/s1. The maximum atomic E-state index is 11.9. The smallest absolute Gasteiger partial charge is 0.344 e. The number of carbonyl (C=O) groups is 2. The minimum absolute atomic E-state index is 0.333. The predicted molar refractivity (Wildman–Crippen MR) is 101 cm³/mol. The Morgan fingerprint density at radius 2 is 1.81 bits per heavy atom. The van der Waals surface area contributed by atoms with E-state index in [1.807, 2.05) is 6.07 Å². The van der Waals surface area contributed by atoms with Crippen LogP contribution < -0.4 is 10.1 Å². The van der Waals surface area contributed by atoms with E-state index in [1.165, 1.54) is 0 Å². The van der Waals surface area contributed by atoms with E-state index in [2.05, 4.69) is 5.32 Å². The van der Waals surface area contributed by atoms with E-state index in [9.17, 15) is 9.59 Å². The van der Waals surface area contributed by atoms with Crippen LogP contribution >= 0.6 is 23.2 Å². The molecule has 8 heteroatoms. The van der Waals surface area contributed by atoms with Crippen LogP contribution in [0.25, 0.3) is 0 Å². The minimum Gasteiger partial charge on any atom is -0.482 e. The molecule has 0 saturated heterocycles. The topological polar surface area (TPSA) is 88.4 Å². The molecule has 2 rings (SSSR count). The summed E-state index contributed by atoms with van der Waals surface area (Å²) in [7, 11) is 0. The maximum Gasteiger partial charge on any atom is 0.344 e. The highest BCUT2D eigenvalue weighted by atomic mass is 35.5. The van der Waals surface area contributed by atoms with Crippen molar-refractivity contribution in [2.45, 2.75) is 13.0 Å². The summed E-state index contributed by atoms with van der Waals surface area (Å²) in [5.74, 6) is -0.722. The van der Waals surface area contributed by atoms with E-state index in [4.69, 9.17) is 37.9 Å². The normalized spacial score (nSPS) is 11.2. The Morgan fingerprint density at radius 1 is 1.11 bits per heavy atom. The Morgan fingerprint density at radius 3 is 2.44 bits per heavy atom. The molecular weight excluding hydrogens is 391 g/mol. The molecule has 0 radical (unpaired) electrons. The first-order valence-corrected chi connectivity index (χ1v) is 8.67. The van der Waals surface area contributed by atoms with E-state index in [-0.39, 0.29) is 12.6 Å². The molecule has 0 bridgehead atoms. The number of esters is 1. The Kier molecular flexibility index (Phi) is 7.47. The molecule has 0 aliphatic rings. The molecule has 6 nitrogen and oxygen atoms in total. The number of hydrogen-bond donors (Lipinski definition) is 1. The summed E-state index contributed by atoms with van der Waals surface area (Å²) in [5.41, 5.74) is 1.26. The van der Waals surface area contributed by atoms with Gasteiger partial charge in [0.15, 0.2) is 13.2 Å².